The lowest BCUT2D eigenvalue weighted by atomic mass is 9.94. The Balaban J connectivity index is 1.39. The lowest BCUT2D eigenvalue weighted by Gasteiger charge is -2.18. The number of carbonyl (C=O) groups is 1. The average molecular weight is 363 g/mol. The summed E-state index contributed by atoms with van der Waals surface area (Å²) in [7, 11) is 0. The maximum Gasteiger partial charge on any atom is 0.230 e. The van der Waals surface area contributed by atoms with Gasteiger partial charge in [0.05, 0.1) is 11.5 Å². The molecule has 1 unspecified atom stereocenters. The average Bonchev–Trinajstić information content (AvgIpc) is 3.50. The SMILES string of the molecule is O=C(NCCC(O)c1cccc2ccccc12)C1(c2ccc(F)cc2)CC1. The van der Waals surface area contributed by atoms with Crippen LogP contribution in [0.3, 0.4) is 0 Å². The summed E-state index contributed by atoms with van der Waals surface area (Å²) in [6.45, 7) is 0.395. The fourth-order valence-corrected chi connectivity index (χ4v) is 3.73. The molecule has 0 bridgehead atoms. The van der Waals surface area contributed by atoms with Crippen molar-refractivity contribution in [1.82, 2.24) is 5.32 Å². The molecule has 0 aliphatic heterocycles. The number of aliphatic hydroxyl groups excluding tert-OH is 1. The summed E-state index contributed by atoms with van der Waals surface area (Å²) in [5.74, 6) is -0.340. The zero-order chi connectivity index (χ0) is 18.9. The number of hydrogen-bond acceptors (Lipinski definition) is 2. The zero-order valence-electron chi connectivity index (χ0n) is 15.0. The van der Waals surface area contributed by atoms with Crippen LogP contribution >= 0.6 is 0 Å². The van der Waals surface area contributed by atoms with Gasteiger partial charge in [-0.15, -0.1) is 0 Å². The normalized spacial score (nSPS) is 16.1. The van der Waals surface area contributed by atoms with E-state index in [0.29, 0.717) is 13.0 Å². The highest BCUT2D eigenvalue weighted by Crippen LogP contribution is 2.48. The van der Waals surface area contributed by atoms with Crippen molar-refractivity contribution in [3.05, 3.63) is 83.7 Å². The minimum atomic E-state index is -0.641. The van der Waals surface area contributed by atoms with Crippen LogP contribution in [-0.4, -0.2) is 17.6 Å². The zero-order valence-corrected chi connectivity index (χ0v) is 15.0. The summed E-state index contributed by atoms with van der Waals surface area (Å²) in [5.41, 5.74) is 1.20. The van der Waals surface area contributed by atoms with Gasteiger partial charge in [-0.1, -0.05) is 54.6 Å². The molecule has 3 aromatic carbocycles. The third kappa shape index (κ3) is 3.45. The van der Waals surface area contributed by atoms with E-state index in [4.69, 9.17) is 0 Å². The Morgan fingerprint density at radius 3 is 2.48 bits per heavy atom. The Morgan fingerprint density at radius 2 is 1.74 bits per heavy atom. The molecular formula is C23H22FNO2. The predicted molar refractivity (Wildman–Crippen MR) is 104 cm³/mol. The quantitative estimate of drug-likeness (QED) is 0.688. The number of carbonyl (C=O) groups excluding carboxylic acids is 1. The van der Waals surface area contributed by atoms with Crippen LogP contribution in [0.2, 0.25) is 0 Å². The van der Waals surface area contributed by atoms with E-state index in [2.05, 4.69) is 5.32 Å². The molecule has 138 valence electrons. The van der Waals surface area contributed by atoms with Gasteiger partial charge in [-0.2, -0.15) is 0 Å². The molecule has 3 nitrogen and oxygen atoms in total. The van der Waals surface area contributed by atoms with Gasteiger partial charge >= 0.3 is 0 Å². The number of nitrogens with one attached hydrogen (secondary N) is 1. The van der Waals surface area contributed by atoms with Gasteiger partial charge in [-0.05, 0) is 53.3 Å². The smallest absolute Gasteiger partial charge is 0.230 e. The lowest BCUT2D eigenvalue weighted by Crippen LogP contribution is -2.35. The third-order valence-electron chi connectivity index (χ3n) is 5.47. The van der Waals surface area contributed by atoms with E-state index >= 15 is 0 Å². The minimum Gasteiger partial charge on any atom is -0.388 e. The van der Waals surface area contributed by atoms with E-state index in [0.717, 1.165) is 34.7 Å². The Morgan fingerprint density at radius 1 is 1.04 bits per heavy atom. The van der Waals surface area contributed by atoms with Crippen molar-refractivity contribution >= 4 is 16.7 Å². The number of rotatable bonds is 6. The van der Waals surface area contributed by atoms with Crippen LogP contribution in [0.15, 0.2) is 66.7 Å². The monoisotopic (exact) mass is 363 g/mol. The van der Waals surface area contributed by atoms with Gasteiger partial charge in [0, 0.05) is 6.54 Å². The van der Waals surface area contributed by atoms with Crippen molar-refractivity contribution < 1.29 is 14.3 Å². The first-order valence-corrected chi connectivity index (χ1v) is 9.30. The summed E-state index contributed by atoms with van der Waals surface area (Å²) >= 11 is 0. The molecule has 4 rings (SSSR count). The molecule has 0 aromatic heterocycles. The highest BCUT2D eigenvalue weighted by Gasteiger charge is 2.51. The van der Waals surface area contributed by atoms with Gasteiger partial charge in [-0.3, -0.25) is 4.79 Å². The highest BCUT2D eigenvalue weighted by molar-refractivity contribution is 5.91. The summed E-state index contributed by atoms with van der Waals surface area (Å²) in [6, 6.07) is 20.0. The molecule has 0 saturated heterocycles. The van der Waals surface area contributed by atoms with Crippen molar-refractivity contribution in [2.24, 2.45) is 0 Å². The maximum absolute atomic E-state index is 13.1. The minimum absolute atomic E-state index is 0.0424. The largest absolute Gasteiger partial charge is 0.388 e. The van der Waals surface area contributed by atoms with Crippen LogP contribution in [0.1, 0.15) is 36.5 Å². The molecule has 1 amide bonds. The van der Waals surface area contributed by atoms with Crippen molar-refractivity contribution in [1.29, 1.82) is 0 Å². The molecule has 0 radical (unpaired) electrons. The summed E-state index contributed by atoms with van der Waals surface area (Å²) in [6.07, 6.45) is 1.35. The Labute approximate surface area is 157 Å². The molecule has 1 fully saturated rings. The number of benzene rings is 3. The Bertz CT molecular complexity index is 958. The fourth-order valence-electron chi connectivity index (χ4n) is 3.73. The molecule has 0 heterocycles. The standard InChI is InChI=1S/C23H22FNO2/c24-18-10-8-17(9-11-18)23(13-14-23)22(27)25-15-12-21(26)20-7-3-5-16-4-1-2-6-19(16)20/h1-11,21,26H,12-15H2,(H,25,27). The molecule has 3 aromatic rings. The van der Waals surface area contributed by atoms with E-state index in [1.807, 2.05) is 42.5 Å². The van der Waals surface area contributed by atoms with Crippen LogP contribution in [0.5, 0.6) is 0 Å². The fraction of sp³-hybridized carbons (Fsp3) is 0.261. The highest BCUT2D eigenvalue weighted by atomic mass is 19.1. The Kier molecular flexibility index (Phi) is 4.66. The second-order valence-corrected chi connectivity index (χ2v) is 7.22. The Hall–Kier alpha value is -2.72. The summed E-state index contributed by atoms with van der Waals surface area (Å²) in [5, 5.41) is 15.7. The van der Waals surface area contributed by atoms with E-state index < -0.39 is 11.5 Å². The summed E-state index contributed by atoms with van der Waals surface area (Å²) in [4.78, 5) is 12.7. The van der Waals surface area contributed by atoms with E-state index in [1.165, 1.54) is 12.1 Å². The van der Waals surface area contributed by atoms with E-state index in [9.17, 15) is 14.3 Å². The molecule has 0 spiro atoms. The van der Waals surface area contributed by atoms with Gasteiger partial charge in [0.2, 0.25) is 5.91 Å². The van der Waals surface area contributed by atoms with Gasteiger partial charge in [0.15, 0.2) is 0 Å². The van der Waals surface area contributed by atoms with Crippen molar-refractivity contribution in [3.63, 3.8) is 0 Å². The number of amides is 1. The molecule has 1 atom stereocenters. The van der Waals surface area contributed by atoms with Crippen LogP contribution in [0.25, 0.3) is 10.8 Å². The predicted octanol–water partition coefficient (Wildman–Crippen LogP) is 4.25. The molecule has 27 heavy (non-hydrogen) atoms. The molecule has 1 aliphatic rings. The molecular weight excluding hydrogens is 341 g/mol. The number of hydrogen-bond donors (Lipinski definition) is 2. The number of fused-ring (bicyclic) bond motifs is 1. The van der Waals surface area contributed by atoms with Crippen LogP contribution in [0, 0.1) is 5.82 Å². The van der Waals surface area contributed by atoms with E-state index in [-0.39, 0.29) is 11.7 Å². The summed E-state index contributed by atoms with van der Waals surface area (Å²) < 4.78 is 13.1. The van der Waals surface area contributed by atoms with Crippen molar-refractivity contribution in [2.75, 3.05) is 6.54 Å². The van der Waals surface area contributed by atoms with Gasteiger partial charge in [-0.25, -0.2) is 4.39 Å². The third-order valence-corrected chi connectivity index (χ3v) is 5.47. The first-order valence-electron chi connectivity index (χ1n) is 9.30. The van der Waals surface area contributed by atoms with Crippen molar-refractivity contribution in [2.45, 2.75) is 30.8 Å². The molecule has 1 saturated carbocycles. The van der Waals surface area contributed by atoms with E-state index in [1.54, 1.807) is 12.1 Å². The molecule has 2 N–H and O–H groups in total. The topological polar surface area (TPSA) is 49.3 Å². The first kappa shape index (κ1) is 17.7. The molecule has 4 heteroatoms. The van der Waals surface area contributed by atoms with Crippen molar-refractivity contribution in [3.8, 4) is 0 Å². The number of aliphatic hydroxyl groups is 1. The van der Waals surface area contributed by atoms with Crippen LogP contribution < -0.4 is 5.32 Å². The second-order valence-electron chi connectivity index (χ2n) is 7.22. The van der Waals surface area contributed by atoms with Crippen LogP contribution in [-0.2, 0) is 10.2 Å². The first-order chi connectivity index (χ1) is 13.1. The number of halogens is 1. The lowest BCUT2D eigenvalue weighted by molar-refractivity contribution is -0.123. The van der Waals surface area contributed by atoms with Gasteiger partial charge in [0.1, 0.15) is 5.82 Å². The van der Waals surface area contributed by atoms with Crippen LogP contribution in [0.4, 0.5) is 4.39 Å². The maximum atomic E-state index is 13.1. The second kappa shape index (κ2) is 7.12. The van der Waals surface area contributed by atoms with Gasteiger partial charge < -0.3 is 10.4 Å². The molecule has 1 aliphatic carbocycles. The van der Waals surface area contributed by atoms with Gasteiger partial charge in [0.25, 0.3) is 0 Å².